The van der Waals surface area contributed by atoms with Gasteiger partial charge in [0.05, 0.1) is 12.2 Å². The number of benzene rings is 2. The molecule has 0 aromatic heterocycles. The van der Waals surface area contributed by atoms with Crippen LogP contribution in [0.15, 0.2) is 82.6 Å². The molecular formula is C22H20O2S. The van der Waals surface area contributed by atoms with Gasteiger partial charge < -0.3 is 4.74 Å². The highest BCUT2D eigenvalue weighted by Gasteiger charge is 2.44. The molecule has 0 saturated carbocycles. The van der Waals surface area contributed by atoms with Crippen LogP contribution in [0.1, 0.15) is 18.9 Å². The second-order valence-corrected chi connectivity index (χ2v) is 7.82. The van der Waals surface area contributed by atoms with Crippen molar-refractivity contribution in [2.75, 3.05) is 6.61 Å². The molecule has 0 saturated heterocycles. The highest BCUT2D eigenvalue weighted by Crippen LogP contribution is 2.49. The maximum atomic E-state index is 12.1. The molecule has 126 valence electrons. The van der Waals surface area contributed by atoms with Crippen LogP contribution < -0.4 is 0 Å². The van der Waals surface area contributed by atoms with E-state index in [9.17, 15) is 4.79 Å². The van der Waals surface area contributed by atoms with Gasteiger partial charge in [0.15, 0.2) is 5.78 Å². The number of thioether (sulfide) groups is 1. The van der Waals surface area contributed by atoms with Crippen LogP contribution in [0.2, 0.25) is 0 Å². The van der Waals surface area contributed by atoms with E-state index in [0.29, 0.717) is 13.0 Å². The maximum absolute atomic E-state index is 12.1. The Balaban J connectivity index is 1.83. The fourth-order valence-electron chi connectivity index (χ4n) is 3.57. The first-order chi connectivity index (χ1) is 12.2. The van der Waals surface area contributed by atoms with Crippen molar-refractivity contribution in [3.63, 3.8) is 0 Å². The largest absolute Gasteiger partial charge is 0.365 e. The molecule has 2 atom stereocenters. The van der Waals surface area contributed by atoms with Crippen LogP contribution in [-0.4, -0.2) is 18.0 Å². The minimum atomic E-state index is -0.417. The summed E-state index contributed by atoms with van der Waals surface area (Å²) < 4.78 is 6.24. The Morgan fingerprint density at radius 1 is 1.04 bits per heavy atom. The summed E-state index contributed by atoms with van der Waals surface area (Å²) >= 11 is 1.74. The smallest absolute Gasteiger partial charge is 0.156 e. The monoisotopic (exact) mass is 348 g/mol. The van der Waals surface area contributed by atoms with Crippen LogP contribution in [0.3, 0.4) is 0 Å². The second-order valence-electron chi connectivity index (χ2n) is 6.65. The zero-order valence-corrected chi connectivity index (χ0v) is 15.0. The van der Waals surface area contributed by atoms with Crippen LogP contribution in [0.4, 0.5) is 0 Å². The molecule has 1 aliphatic heterocycles. The van der Waals surface area contributed by atoms with Crippen molar-refractivity contribution in [3.05, 3.63) is 83.3 Å². The van der Waals surface area contributed by atoms with Crippen LogP contribution in [-0.2, 0) is 9.53 Å². The Kier molecular flexibility index (Phi) is 4.36. The lowest BCUT2D eigenvalue weighted by atomic mass is 9.72. The van der Waals surface area contributed by atoms with E-state index in [1.165, 1.54) is 20.9 Å². The summed E-state index contributed by atoms with van der Waals surface area (Å²) in [4.78, 5) is 14.5. The van der Waals surface area contributed by atoms with Gasteiger partial charge in [0.2, 0.25) is 0 Å². The quantitative estimate of drug-likeness (QED) is 0.770. The average molecular weight is 348 g/mol. The molecule has 0 radical (unpaired) electrons. The van der Waals surface area contributed by atoms with E-state index in [-0.39, 0.29) is 11.7 Å². The van der Waals surface area contributed by atoms with Crippen molar-refractivity contribution in [1.82, 2.24) is 0 Å². The zero-order chi connectivity index (χ0) is 17.3. The molecule has 2 aromatic rings. The first-order valence-electron chi connectivity index (χ1n) is 8.53. The number of ketones is 1. The van der Waals surface area contributed by atoms with E-state index in [1.807, 2.05) is 30.3 Å². The predicted octanol–water partition coefficient (Wildman–Crippen LogP) is 5.12. The van der Waals surface area contributed by atoms with Crippen molar-refractivity contribution in [2.45, 2.75) is 23.8 Å². The number of fused-ring (bicyclic) bond motifs is 1. The van der Waals surface area contributed by atoms with Crippen molar-refractivity contribution in [2.24, 2.45) is 5.92 Å². The minimum Gasteiger partial charge on any atom is -0.365 e. The molecule has 2 aromatic carbocycles. The molecule has 0 amide bonds. The van der Waals surface area contributed by atoms with E-state index in [4.69, 9.17) is 4.74 Å². The molecule has 2 nitrogen and oxygen atoms in total. The third-order valence-electron chi connectivity index (χ3n) is 4.93. The summed E-state index contributed by atoms with van der Waals surface area (Å²) in [5.74, 6) is 0.220. The Morgan fingerprint density at radius 3 is 2.44 bits per heavy atom. The van der Waals surface area contributed by atoms with Crippen LogP contribution in [0.5, 0.6) is 0 Å². The highest BCUT2D eigenvalue weighted by molar-refractivity contribution is 8.03. The van der Waals surface area contributed by atoms with Gasteiger partial charge in [-0.1, -0.05) is 60.3 Å². The van der Waals surface area contributed by atoms with Crippen LogP contribution in [0, 0.1) is 5.92 Å². The van der Waals surface area contributed by atoms with Crippen LogP contribution in [0.25, 0.3) is 5.57 Å². The fraction of sp³-hybridized carbons (Fsp3) is 0.227. The average Bonchev–Trinajstić information content (AvgIpc) is 2.64. The number of carbonyl (C=O) groups excluding carboxylic acids is 1. The Labute approximate surface area is 152 Å². The highest BCUT2D eigenvalue weighted by atomic mass is 32.2. The third kappa shape index (κ3) is 3.22. The Hall–Kier alpha value is -2.10. The third-order valence-corrected chi connectivity index (χ3v) is 6.02. The number of hydrogen-bond donors (Lipinski definition) is 0. The van der Waals surface area contributed by atoms with Gasteiger partial charge in [0.1, 0.15) is 0 Å². The van der Waals surface area contributed by atoms with E-state index < -0.39 is 5.60 Å². The number of ether oxygens (including phenoxy) is 1. The predicted molar refractivity (Wildman–Crippen MR) is 102 cm³/mol. The van der Waals surface area contributed by atoms with Gasteiger partial charge >= 0.3 is 0 Å². The molecule has 0 fully saturated rings. The maximum Gasteiger partial charge on any atom is 0.156 e. The van der Waals surface area contributed by atoms with E-state index in [2.05, 4.69) is 43.3 Å². The van der Waals surface area contributed by atoms with Gasteiger partial charge in [-0.2, -0.15) is 0 Å². The first kappa shape index (κ1) is 16.4. The summed E-state index contributed by atoms with van der Waals surface area (Å²) in [5.41, 5.74) is 2.02. The number of carbonyl (C=O) groups is 1. The number of allylic oxidation sites excluding steroid dienone is 1. The van der Waals surface area contributed by atoms with Gasteiger partial charge in [-0.05, 0) is 42.3 Å². The summed E-state index contributed by atoms with van der Waals surface area (Å²) in [6.07, 6.45) is 4.11. The summed E-state index contributed by atoms with van der Waals surface area (Å²) in [6.45, 7) is 2.66. The van der Waals surface area contributed by atoms with E-state index in [0.717, 1.165) is 0 Å². The van der Waals surface area contributed by atoms with Crippen molar-refractivity contribution >= 4 is 23.1 Å². The molecular weight excluding hydrogens is 328 g/mol. The molecule has 0 bridgehead atoms. The van der Waals surface area contributed by atoms with E-state index in [1.54, 1.807) is 17.8 Å². The molecule has 3 heteroatoms. The molecule has 2 aliphatic rings. The summed E-state index contributed by atoms with van der Waals surface area (Å²) in [7, 11) is 0. The second kappa shape index (κ2) is 6.66. The standard InChI is InChI=1S/C22H20O2S/c1-22-13-12-17(23)14-19(22)21(16-8-4-2-5-9-16)20(15-24-22)25-18-10-6-3-7-11-18/h2-13,19H,14-15H2,1H3/t19-,22-/m1/s1. The van der Waals surface area contributed by atoms with Gasteiger partial charge in [-0.3, -0.25) is 4.79 Å². The van der Waals surface area contributed by atoms with Gasteiger partial charge in [0.25, 0.3) is 0 Å². The Morgan fingerprint density at radius 2 is 1.72 bits per heavy atom. The number of rotatable bonds is 3. The molecule has 0 unspecified atom stereocenters. The fourth-order valence-corrected chi connectivity index (χ4v) is 4.64. The summed E-state index contributed by atoms with van der Waals surface area (Å²) in [5, 5.41) is 0. The van der Waals surface area contributed by atoms with Crippen LogP contribution >= 0.6 is 11.8 Å². The van der Waals surface area contributed by atoms with Gasteiger partial charge in [-0.15, -0.1) is 0 Å². The normalized spacial score (nSPS) is 25.8. The van der Waals surface area contributed by atoms with Crippen molar-refractivity contribution < 1.29 is 9.53 Å². The molecule has 1 heterocycles. The molecule has 1 aliphatic carbocycles. The first-order valence-corrected chi connectivity index (χ1v) is 9.35. The molecule has 0 N–H and O–H groups in total. The van der Waals surface area contributed by atoms with Gasteiger partial charge in [-0.25, -0.2) is 0 Å². The molecule has 0 spiro atoms. The van der Waals surface area contributed by atoms with Gasteiger partial charge in [0, 0.05) is 22.1 Å². The molecule has 25 heavy (non-hydrogen) atoms. The lowest BCUT2D eigenvalue weighted by Crippen LogP contribution is -2.44. The molecule has 4 rings (SSSR count). The van der Waals surface area contributed by atoms with Crippen molar-refractivity contribution in [3.8, 4) is 0 Å². The topological polar surface area (TPSA) is 26.3 Å². The lowest BCUT2D eigenvalue weighted by molar-refractivity contribution is -0.118. The zero-order valence-electron chi connectivity index (χ0n) is 14.1. The summed E-state index contributed by atoms with van der Waals surface area (Å²) in [6, 6.07) is 20.7. The van der Waals surface area contributed by atoms with E-state index >= 15 is 0 Å². The minimum absolute atomic E-state index is 0.0485. The lowest BCUT2D eigenvalue weighted by Gasteiger charge is -2.43. The van der Waals surface area contributed by atoms with Crippen molar-refractivity contribution in [1.29, 1.82) is 0 Å². The number of hydrogen-bond acceptors (Lipinski definition) is 3. The Bertz CT molecular complexity index is 839. The SMILES string of the molecule is C[C@@]12C=CC(=O)C[C@@H]1C(c1ccccc1)=C(Sc1ccccc1)CO2.